The van der Waals surface area contributed by atoms with E-state index in [-0.39, 0.29) is 6.07 Å². The first-order valence-corrected chi connectivity index (χ1v) is 3.58. The van der Waals surface area contributed by atoms with Gasteiger partial charge in [0.1, 0.15) is 5.56 Å². The first-order chi connectivity index (χ1) is 6.49. The Labute approximate surface area is 77.0 Å². The molecule has 76 valence electrons. The number of carbonyl (C=O) groups is 1. The minimum atomic E-state index is -1.60. The van der Waals surface area contributed by atoms with Gasteiger partial charge >= 0.3 is 0 Å². The van der Waals surface area contributed by atoms with E-state index >= 15 is 0 Å². The molecule has 0 radical (unpaired) electrons. The third-order valence-corrected chi connectivity index (χ3v) is 1.61. The summed E-state index contributed by atoms with van der Waals surface area (Å²) in [5.74, 6) is -6.84. The largest absolute Gasteiger partial charge is 0.504 e. The molecule has 0 saturated heterocycles. The zero-order valence-electron chi connectivity index (χ0n) is 6.85. The smallest absolute Gasteiger partial charge is 0.183 e. The first kappa shape index (κ1) is 10.5. The van der Waals surface area contributed by atoms with E-state index in [1.54, 1.807) is 0 Å². The number of rotatable bonds is 2. The molecule has 0 spiro atoms. The number of phenolic OH excluding ortho intramolecular Hbond substituents is 1. The van der Waals surface area contributed by atoms with Gasteiger partial charge in [0.25, 0.3) is 0 Å². The summed E-state index contributed by atoms with van der Waals surface area (Å²) >= 11 is 0. The minimum Gasteiger partial charge on any atom is -0.504 e. The quantitative estimate of drug-likeness (QED) is 0.558. The average molecular weight is 205 g/mol. The molecule has 0 aliphatic heterocycles. The molecule has 0 atom stereocenters. The van der Waals surface area contributed by atoms with Crippen LogP contribution in [0, 0.1) is 17.5 Å². The molecule has 0 aliphatic carbocycles. The predicted molar refractivity (Wildman–Crippen MR) is 41.4 cm³/mol. The highest BCUT2D eigenvalue weighted by Gasteiger charge is 2.22. The highest BCUT2D eigenvalue weighted by atomic mass is 19.2. The standard InChI is InChI=1S/C8H6F3NO2/c9-3-1-4(10)8(14)6(7(3)11)5(13)2-12/h1,14H,2,12H2. The Kier molecular flexibility index (Phi) is 2.76. The molecule has 1 aromatic rings. The fourth-order valence-electron chi connectivity index (χ4n) is 0.942. The number of phenols is 1. The van der Waals surface area contributed by atoms with Crippen molar-refractivity contribution in [1.82, 2.24) is 0 Å². The fourth-order valence-corrected chi connectivity index (χ4v) is 0.942. The number of hydrogen-bond donors (Lipinski definition) is 2. The van der Waals surface area contributed by atoms with Crippen LogP contribution in [0.3, 0.4) is 0 Å². The van der Waals surface area contributed by atoms with Crippen molar-refractivity contribution in [1.29, 1.82) is 0 Å². The van der Waals surface area contributed by atoms with Crippen LogP contribution in [-0.2, 0) is 0 Å². The van der Waals surface area contributed by atoms with Gasteiger partial charge in [-0.3, -0.25) is 4.79 Å². The zero-order chi connectivity index (χ0) is 10.9. The average Bonchev–Trinajstić information content (AvgIpc) is 2.15. The summed E-state index contributed by atoms with van der Waals surface area (Å²) in [5.41, 5.74) is 3.82. The van der Waals surface area contributed by atoms with Crippen molar-refractivity contribution in [2.75, 3.05) is 6.54 Å². The second kappa shape index (κ2) is 3.67. The lowest BCUT2D eigenvalue weighted by Gasteiger charge is -2.05. The lowest BCUT2D eigenvalue weighted by molar-refractivity contribution is 0.0992. The van der Waals surface area contributed by atoms with E-state index in [4.69, 9.17) is 10.8 Å². The Morgan fingerprint density at radius 2 is 1.93 bits per heavy atom. The van der Waals surface area contributed by atoms with Crippen molar-refractivity contribution in [2.24, 2.45) is 5.73 Å². The van der Waals surface area contributed by atoms with Crippen LogP contribution in [0.4, 0.5) is 13.2 Å². The number of ketones is 1. The molecule has 1 aromatic carbocycles. The summed E-state index contributed by atoms with van der Waals surface area (Å²) in [5, 5.41) is 8.95. The van der Waals surface area contributed by atoms with E-state index in [2.05, 4.69) is 0 Å². The summed E-state index contributed by atoms with van der Waals surface area (Å²) in [6.07, 6.45) is 0. The molecule has 0 amide bonds. The van der Waals surface area contributed by atoms with Crippen molar-refractivity contribution in [2.45, 2.75) is 0 Å². The first-order valence-electron chi connectivity index (χ1n) is 3.58. The maximum absolute atomic E-state index is 12.9. The molecule has 3 N–H and O–H groups in total. The van der Waals surface area contributed by atoms with Crippen LogP contribution in [0.5, 0.6) is 5.75 Å². The van der Waals surface area contributed by atoms with Gasteiger partial charge in [-0.05, 0) is 0 Å². The molecule has 1 rings (SSSR count). The van der Waals surface area contributed by atoms with E-state index < -0.39 is 41.1 Å². The van der Waals surface area contributed by atoms with Gasteiger partial charge in [0.2, 0.25) is 0 Å². The number of nitrogens with two attached hydrogens (primary N) is 1. The Balaban J connectivity index is 3.47. The third-order valence-electron chi connectivity index (χ3n) is 1.61. The van der Waals surface area contributed by atoms with Gasteiger partial charge in [0.05, 0.1) is 6.54 Å². The van der Waals surface area contributed by atoms with E-state index in [0.717, 1.165) is 0 Å². The van der Waals surface area contributed by atoms with Crippen LogP contribution in [0.15, 0.2) is 6.07 Å². The van der Waals surface area contributed by atoms with Crippen LogP contribution in [-0.4, -0.2) is 17.4 Å². The Bertz CT molecular complexity index is 366. The van der Waals surface area contributed by atoms with Gasteiger partial charge in [0, 0.05) is 6.07 Å². The van der Waals surface area contributed by atoms with Gasteiger partial charge < -0.3 is 10.8 Å². The maximum Gasteiger partial charge on any atom is 0.183 e. The highest BCUT2D eigenvalue weighted by molar-refractivity contribution is 6.00. The minimum absolute atomic E-state index is 0.151. The molecule has 0 heterocycles. The molecule has 3 nitrogen and oxygen atoms in total. The number of carbonyl (C=O) groups excluding carboxylic acids is 1. The maximum atomic E-state index is 12.9. The molecule has 0 fully saturated rings. The molecule has 0 aromatic heterocycles. The SMILES string of the molecule is NCC(=O)c1c(O)c(F)cc(F)c1F. The number of aromatic hydroxyl groups is 1. The second-order valence-corrected chi connectivity index (χ2v) is 2.51. The van der Waals surface area contributed by atoms with Crippen LogP contribution in [0.25, 0.3) is 0 Å². The summed E-state index contributed by atoms with van der Waals surface area (Å²) in [6.45, 7) is -0.645. The Morgan fingerprint density at radius 3 is 2.43 bits per heavy atom. The van der Waals surface area contributed by atoms with Crippen molar-refractivity contribution in [3.63, 3.8) is 0 Å². The molecule has 0 unspecified atom stereocenters. The molecule has 0 saturated carbocycles. The van der Waals surface area contributed by atoms with Crippen molar-refractivity contribution >= 4 is 5.78 Å². The van der Waals surface area contributed by atoms with E-state index in [9.17, 15) is 18.0 Å². The van der Waals surface area contributed by atoms with Gasteiger partial charge in [-0.2, -0.15) is 0 Å². The molecule has 0 aliphatic rings. The molecule has 0 bridgehead atoms. The van der Waals surface area contributed by atoms with Crippen LogP contribution < -0.4 is 5.73 Å². The van der Waals surface area contributed by atoms with Gasteiger partial charge in [-0.15, -0.1) is 0 Å². The lowest BCUT2D eigenvalue weighted by Crippen LogP contribution is -2.16. The number of halogens is 3. The van der Waals surface area contributed by atoms with Gasteiger partial charge in [-0.25, -0.2) is 13.2 Å². The third kappa shape index (κ3) is 1.56. The predicted octanol–water partition coefficient (Wildman–Crippen LogP) is 0.951. The van der Waals surface area contributed by atoms with Crippen LogP contribution in [0.2, 0.25) is 0 Å². The van der Waals surface area contributed by atoms with Gasteiger partial charge in [0.15, 0.2) is 29.0 Å². The topological polar surface area (TPSA) is 63.3 Å². The Morgan fingerprint density at radius 1 is 1.36 bits per heavy atom. The second-order valence-electron chi connectivity index (χ2n) is 2.51. The summed E-state index contributed by atoms with van der Waals surface area (Å²) in [6, 6.07) is 0.151. The van der Waals surface area contributed by atoms with Crippen molar-refractivity contribution < 1.29 is 23.1 Å². The van der Waals surface area contributed by atoms with Crippen LogP contribution in [0.1, 0.15) is 10.4 Å². The molecule has 6 heteroatoms. The number of Topliss-reactive ketones (excluding diaryl/α,β-unsaturated/α-hetero) is 1. The normalized spacial score (nSPS) is 10.3. The van der Waals surface area contributed by atoms with E-state index in [1.165, 1.54) is 0 Å². The van der Waals surface area contributed by atoms with E-state index in [1.807, 2.05) is 0 Å². The lowest BCUT2D eigenvalue weighted by atomic mass is 10.1. The van der Waals surface area contributed by atoms with Crippen molar-refractivity contribution in [3.05, 3.63) is 29.1 Å². The fraction of sp³-hybridized carbons (Fsp3) is 0.125. The molecular formula is C8H6F3NO2. The summed E-state index contributed by atoms with van der Waals surface area (Å²) in [7, 11) is 0. The number of benzene rings is 1. The Hall–Kier alpha value is -1.56. The van der Waals surface area contributed by atoms with E-state index in [0.29, 0.717) is 0 Å². The van der Waals surface area contributed by atoms with Gasteiger partial charge in [-0.1, -0.05) is 0 Å². The van der Waals surface area contributed by atoms with Crippen LogP contribution >= 0.6 is 0 Å². The summed E-state index contributed by atoms with van der Waals surface area (Å²) < 4.78 is 38.2. The van der Waals surface area contributed by atoms with Crippen molar-refractivity contribution in [3.8, 4) is 5.75 Å². The highest BCUT2D eigenvalue weighted by Crippen LogP contribution is 2.26. The summed E-state index contributed by atoms with van der Waals surface area (Å²) in [4.78, 5) is 10.9. The molecule has 14 heavy (non-hydrogen) atoms. The monoisotopic (exact) mass is 205 g/mol. The zero-order valence-corrected chi connectivity index (χ0v) is 6.85. The molecular weight excluding hydrogens is 199 g/mol. The number of hydrogen-bond acceptors (Lipinski definition) is 3.